The molecule has 0 fully saturated rings. The zero-order valence-electron chi connectivity index (χ0n) is 12.8. The predicted octanol–water partition coefficient (Wildman–Crippen LogP) is 4.12. The second-order valence-corrected chi connectivity index (χ2v) is 5.12. The van der Waals surface area contributed by atoms with Gasteiger partial charge in [0.15, 0.2) is 11.5 Å². The number of aromatic nitrogens is 1. The third-order valence-electron chi connectivity index (χ3n) is 3.62. The maximum Gasteiger partial charge on any atom is 0.345 e. The van der Waals surface area contributed by atoms with Crippen LogP contribution in [-0.4, -0.2) is 18.1 Å². The Morgan fingerprint density at radius 3 is 2.83 bits per heavy atom. The number of para-hydroxylation sites is 1. The van der Waals surface area contributed by atoms with Gasteiger partial charge >= 0.3 is 5.97 Å². The largest absolute Gasteiger partial charge is 0.493 e. The number of esters is 1. The summed E-state index contributed by atoms with van der Waals surface area (Å²) in [6.45, 7) is 3.72. The summed E-state index contributed by atoms with van der Waals surface area (Å²) in [5.74, 6) is 0.505. The molecule has 0 radical (unpaired) electrons. The zero-order valence-corrected chi connectivity index (χ0v) is 12.8. The van der Waals surface area contributed by atoms with Gasteiger partial charge in [0.2, 0.25) is 0 Å². The monoisotopic (exact) mass is 307 g/mol. The standard InChI is InChI=1S/C19H17NO3/c1-3-6-13-9-10-17(18(11-13)22-2)23-19(21)15-12-20-16-8-5-4-7-14(15)16/h3-5,7-12,20H,1,6H2,2H3. The van der Waals surface area contributed by atoms with Crippen LogP contribution in [0.5, 0.6) is 11.5 Å². The second kappa shape index (κ2) is 6.40. The summed E-state index contributed by atoms with van der Waals surface area (Å²) in [5.41, 5.74) is 2.44. The second-order valence-electron chi connectivity index (χ2n) is 5.12. The Kier molecular flexibility index (Phi) is 4.15. The number of rotatable bonds is 5. The summed E-state index contributed by atoms with van der Waals surface area (Å²) in [6, 6.07) is 13.1. The first-order chi connectivity index (χ1) is 11.2. The normalized spacial score (nSPS) is 10.5. The molecule has 3 rings (SSSR count). The average Bonchev–Trinajstić information content (AvgIpc) is 3.00. The number of nitrogens with one attached hydrogen (secondary N) is 1. The Bertz CT molecular complexity index is 864. The van der Waals surface area contributed by atoms with Crippen molar-refractivity contribution in [1.29, 1.82) is 0 Å². The Labute approximate surface area is 134 Å². The summed E-state index contributed by atoms with van der Waals surface area (Å²) in [5, 5.41) is 0.833. The van der Waals surface area contributed by atoms with Crippen molar-refractivity contribution in [2.45, 2.75) is 6.42 Å². The Hall–Kier alpha value is -3.01. The van der Waals surface area contributed by atoms with E-state index < -0.39 is 5.97 Å². The summed E-state index contributed by atoms with van der Waals surface area (Å²) < 4.78 is 10.8. The van der Waals surface area contributed by atoms with Gasteiger partial charge in [0.25, 0.3) is 0 Å². The van der Waals surface area contributed by atoms with Crippen LogP contribution in [0.25, 0.3) is 10.9 Å². The van der Waals surface area contributed by atoms with E-state index >= 15 is 0 Å². The summed E-state index contributed by atoms with van der Waals surface area (Å²) >= 11 is 0. The van der Waals surface area contributed by atoms with Crippen LogP contribution in [0.3, 0.4) is 0 Å². The molecule has 0 aliphatic rings. The molecule has 4 heteroatoms. The van der Waals surface area contributed by atoms with Crippen molar-refractivity contribution in [2.24, 2.45) is 0 Å². The van der Waals surface area contributed by atoms with Crippen molar-refractivity contribution in [3.05, 3.63) is 72.4 Å². The fourth-order valence-corrected chi connectivity index (χ4v) is 2.49. The quantitative estimate of drug-likeness (QED) is 0.438. The highest BCUT2D eigenvalue weighted by Crippen LogP contribution is 2.30. The minimum absolute atomic E-state index is 0.399. The van der Waals surface area contributed by atoms with E-state index in [1.54, 1.807) is 19.4 Å². The maximum atomic E-state index is 12.5. The number of benzene rings is 2. The summed E-state index contributed by atoms with van der Waals surface area (Å²) in [4.78, 5) is 15.5. The van der Waals surface area contributed by atoms with Gasteiger partial charge < -0.3 is 14.5 Å². The molecule has 1 aromatic heterocycles. The van der Waals surface area contributed by atoms with Gasteiger partial charge in [0, 0.05) is 17.1 Å². The average molecular weight is 307 g/mol. The lowest BCUT2D eigenvalue weighted by Crippen LogP contribution is -2.08. The molecule has 1 heterocycles. The van der Waals surface area contributed by atoms with Gasteiger partial charge in [-0.15, -0.1) is 6.58 Å². The van der Waals surface area contributed by atoms with Crippen LogP contribution in [0.15, 0.2) is 61.3 Å². The van der Waals surface area contributed by atoms with E-state index in [9.17, 15) is 4.79 Å². The fourth-order valence-electron chi connectivity index (χ4n) is 2.49. The molecule has 23 heavy (non-hydrogen) atoms. The Balaban J connectivity index is 1.89. The Morgan fingerprint density at radius 1 is 1.22 bits per heavy atom. The number of hydrogen-bond acceptors (Lipinski definition) is 3. The van der Waals surface area contributed by atoms with Gasteiger partial charge in [-0.25, -0.2) is 4.79 Å². The third-order valence-corrected chi connectivity index (χ3v) is 3.62. The van der Waals surface area contributed by atoms with Crippen LogP contribution in [0.1, 0.15) is 15.9 Å². The number of ether oxygens (including phenoxy) is 2. The van der Waals surface area contributed by atoms with Crippen LogP contribution in [0.2, 0.25) is 0 Å². The smallest absolute Gasteiger partial charge is 0.345 e. The molecule has 0 saturated carbocycles. The lowest BCUT2D eigenvalue weighted by Gasteiger charge is -2.10. The van der Waals surface area contributed by atoms with Gasteiger partial charge in [0.05, 0.1) is 12.7 Å². The summed E-state index contributed by atoms with van der Waals surface area (Å²) in [6.07, 6.45) is 4.20. The molecule has 0 amide bonds. The lowest BCUT2D eigenvalue weighted by molar-refractivity contribution is 0.0732. The van der Waals surface area contributed by atoms with Crippen molar-refractivity contribution < 1.29 is 14.3 Å². The van der Waals surface area contributed by atoms with Gasteiger partial charge in [-0.2, -0.15) is 0 Å². The van der Waals surface area contributed by atoms with E-state index in [1.165, 1.54) is 0 Å². The van der Waals surface area contributed by atoms with Crippen LogP contribution in [-0.2, 0) is 6.42 Å². The fraction of sp³-hybridized carbons (Fsp3) is 0.105. The molecule has 116 valence electrons. The number of carbonyl (C=O) groups excluding carboxylic acids is 1. The van der Waals surface area contributed by atoms with E-state index in [1.807, 2.05) is 42.5 Å². The van der Waals surface area contributed by atoms with E-state index in [0.29, 0.717) is 17.1 Å². The molecular formula is C19H17NO3. The molecule has 0 aliphatic carbocycles. The minimum Gasteiger partial charge on any atom is -0.493 e. The molecule has 0 spiro atoms. The molecule has 0 saturated heterocycles. The Morgan fingerprint density at radius 2 is 2.04 bits per heavy atom. The SMILES string of the molecule is C=CCc1ccc(OC(=O)c2c[nH]c3ccccc23)c(OC)c1. The first kappa shape index (κ1) is 14.9. The molecule has 4 nitrogen and oxygen atoms in total. The summed E-state index contributed by atoms with van der Waals surface area (Å²) in [7, 11) is 1.55. The van der Waals surface area contributed by atoms with Crippen molar-refractivity contribution >= 4 is 16.9 Å². The highest BCUT2D eigenvalue weighted by Gasteiger charge is 2.16. The van der Waals surface area contributed by atoms with E-state index in [4.69, 9.17) is 9.47 Å². The van der Waals surface area contributed by atoms with Gasteiger partial charge in [0.1, 0.15) is 0 Å². The van der Waals surface area contributed by atoms with E-state index in [0.717, 1.165) is 22.9 Å². The molecule has 0 atom stereocenters. The van der Waals surface area contributed by atoms with Crippen molar-refractivity contribution in [3.63, 3.8) is 0 Å². The number of fused-ring (bicyclic) bond motifs is 1. The van der Waals surface area contributed by atoms with Crippen LogP contribution in [0, 0.1) is 0 Å². The number of hydrogen-bond donors (Lipinski definition) is 1. The first-order valence-corrected chi connectivity index (χ1v) is 7.29. The minimum atomic E-state index is -0.419. The lowest BCUT2D eigenvalue weighted by atomic mass is 10.1. The van der Waals surface area contributed by atoms with Gasteiger partial charge in [-0.05, 0) is 30.2 Å². The highest BCUT2D eigenvalue weighted by molar-refractivity contribution is 6.04. The van der Waals surface area contributed by atoms with E-state index in [2.05, 4.69) is 11.6 Å². The first-order valence-electron chi connectivity index (χ1n) is 7.29. The third kappa shape index (κ3) is 2.97. The predicted molar refractivity (Wildman–Crippen MR) is 90.2 cm³/mol. The maximum absolute atomic E-state index is 12.5. The number of H-pyrrole nitrogens is 1. The van der Waals surface area contributed by atoms with Gasteiger partial charge in [-0.3, -0.25) is 0 Å². The van der Waals surface area contributed by atoms with Crippen molar-refractivity contribution in [2.75, 3.05) is 7.11 Å². The molecule has 0 aliphatic heterocycles. The van der Waals surface area contributed by atoms with E-state index in [-0.39, 0.29) is 0 Å². The molecule has 0 unspecified atom stereocenters. The molecular weight excluding hydrogens is 290 g/mol. The van der Waals surface area contributed by atoms with Crippen molar-refractivity contribution in [1.82, 2.24) is 4.98 Å². The number of methoxy groups -OCH3 is 1. The number of aromatic amines is 1. The topological polar surface area (TPSA) is 51.3 Å². The number of allylic oxidation sites excluding steroid dienone is 1. The van der Waals surface area contributed by atoms with Gasteiger partial charge in [-0.1, -0.05) is 30.3 Å². The van der Waals surface area contributed by atoms with Crippen LogP contribution >= 0.6 is 0 Å². The van der Waals surface area contributed by atoms with Crippen LogP contribution < -0.4 is 9.47 Å². The van der Waals surface area contributed by atoms with Crippen molar-refractivity contribution in [3.8, 4) is 11.5 Å². The zero-order chi connectivity index (χ0) is 16.2. The molecule has 3 aromatic rings. The molecule has 1 N–H and O–H groups in total. The number of carbonyl (C=O) groups is 1. The van der Waals surface area contributed by atoms with Crippen LogP contribution in [0.4, 0.5) is 0 Å². The molecule has 2 aromatic carbocycles. The molecule has 0 bridgehead atoms. The highest BCUT2D eigenvalue weighted by atomic mass is 16.6.